The molecule has 0 nitrogen and oxygen atoms in total. The largest absolute Gasteiger partial charge is 0.0807 e. The number of benzene rings is 1. The van der Waals surface area contributed by atoms with Crippen molar-refractivity contribution in [3.05, 3.63) is 41.5 Å². The first kappa shape index (κ1) is 12.4. The van der Waals surface area contributed by atoms with Crippen LogP contribution in [-0.2, 0) is 0 Å². The molecule has 0 heteroatoms. The highest BCUT2D eigenvalue weighted by Crippen LogP contribution is 2.26. The fourth-order valence-corrected chi connectivity index (χ4v) is 2.54. The minimum absolute atomic E-state index is 0.635. The van der Waals surface area contributed by atoms with E-state index in [-0.39, 0.29) is 0 Å². The molecule has 1 aliphatic carbocycles. The molecule has 17 heavy (non-hydrogen) atoms. The first-order valence-corrected chi connectivity index (χ1v) is 7.07. The first-order chi connectivity index (χ1) is 8.27. The smallest absolute Gasteiger partial charge is 0.0219 e. The van der Waals surface area contributed by atoms with E-state index in [4.69, 9.17) is 0 Å². The lowest BCUT2D eigenvalue weighted by molar-refractivity contribution is 0.643. The van der Waals surface area contributed by atoms with Crippen molar-refractivity contribution in [1.82, 2.24) is 0 Å². The van der Waals surface area contributed by atoms with E-state index in [0.717, 1.165) is 0 Å². The molecule has 0 amide bonds. The second-order valence-corrected chi connectivity index (χ2v) is 5.46. The number of allylic oxidation sites excluding steroid dienone is 2. The number of rotatable bonds is 2. The molecular formula is C17H24. The topological polar surface area (TPSA) is 0 Å². The average molecular weight is 228 g/mol. The Morgan fingerprint density at radius 1 is 0.882 bits per heavy atom. The average Bonchev–Trinajstić information content (AvgIpc) is 2.29. The van der Waals surface area contributed by atoms with Crippen molar-refractivity contribution in [1.29, 1.82) is 0 Å². The molecule has 1 aliphatic rings. The van der Waals surface area contributed by atoms with Crippen LogP contribution in [0.3, 0.4) is 0 Å². The summed E-state index contributed by atoms with van der Waals surface area (Å²) in [6, 6.07) is 9.20. The molecule has 2 rings (SSSR count). The van der Waals surface area contributed by atoms with Gasteiger partial charge in [0, 0.05) is 0 Å². The van der Waals surface area contributed by atoms with E-state index in [1.807, 2.05) is 0 Å². The lowest BCUT2D eigenvalue weighted by Gasteiger charge is -2.13. The van der Waals surface area contributed by atoms with Crippen LogP contribution in [0.25, 0.3) is 5.57 Å². The molecule has 0 saturated carbocycles. The van der Waals surface area contributed by atoms with Gasteiger partial charge < -0.3 is 0 Å². The van der Waals surface area contributed by atoms with Gasteiger partial charge in [0.1, 0.15) is 0 Å². The third-order valence-corrected chi connectivity index (χ3v) is 3.74. The van der Waals surface area contributed by atoms with Gasteiger partial charge in [-0.25, -0.2) is 0 Å². The lowest BCUT2D eigenvalue weighted by atomic mass is 9.93. The minimum Gasteiger partial charge on any atom is -0.0807 e. The maximum Gasteiger partial charge on any atom is -0.0219 e. The van der Waals surface area contributed by atoms with E-state index < -0.39 is 0 Å². The molecule has 0 fully saturated rings. The molecule has 0 heterocycles. The van der Waals surface area contributed by atoms with Gasteiger partial charge in [-0.2, -0.15) is 0 Å². The maximum absolute atomic E-state index is 2.46. The molecule has 1 aromatic carbocycles. The molecule has 0 spiro atoms. The molecule has 0 aromatic heterocycles. The van der Waals surface area contributed by atoms with Crippen molar-refractivity contribution in [2.45, 2.75) is 58.3 Å². The van der Waals surface area contributed by atoms with Crippen molar-refractivity contribution in [2.75, 3.05) is 0 Å². The van der Waals surface area contributed by atoms with Crippen LogP contribution in [0.1, 0.15) is 69.4 Å². The van der Waals surface area contributed by atoms with Crippen LogP contribution in [0.4, 0.5) is 0 Å². The molecular weight excluding hydrogens is 204 g/mol. The number of hydrogen-bond donors (Lipinski definition) is 0. The lowest BCUT2D eigenvalue weighted by Crippen LogP contribution is -1.92. The standard InChI is InChI=1S/C17H24/c1-14(2)15-10-12-17(13-11-15)16-8-6-4-3-5-7-9-16/h8,10-14H,3-7,9H2,1-2H3. The summed E-state index contributed by atoms with van der Waals surface area (Å²) < 4.78 is 0. The number of hydrogen-bond acceptors (Lipinski definition) is 0. The van der Waals surface area contributed by atoms with E-state index in [2.05, 4.69) is 44.2 Å². The van der Waals surface area contributed by atoms with E-state index in [1.54, 1.807) is 5.57 Å². The summed E-state index contributed by atoms with van der Waals surface area (Å²) in [5.41, 5.74) is 4.46. The van der Waals surface area contributed by atoms with Crippen LogP contribution in [0.15, 0.2) is 30.3 Å². The SMILES string of the molecule is CC(C)c1ccc(C2=CCCCCCC2)cc1. The van der Waals surface area contributed by atoms with Crippen LogP contribution in [0.2, 0.25) is 0 Å². The van der Waals surface area contributed by atoms with Gasteiger partial charge >= 0.3 is 0 Å². The van der Waals surface area contributed by atoms with E-state index in [9.17, 15) is 0 Å². The summed E-state index contributed by atoms with van der Waals surface area (Å²) in [7, 11) is 0. The highest BCUT2D eigenvalue weighted by Gasteiger charge is 2.05. The fourth-order valence-electron chi connectivity index (χ4n) is 2.54. The molecule has 0 bridgehead atoms. The third kappa shape index (κ3) is 3.46. The quantitative estimate of drug-likeness (QED) is 0.622. The highest BCUT2D eigenvalue weighted by atomic mass is 14.1. The zero-order valence-electron chi connectivity index (χ0n) is 11.2. The normalized spacial score (nSPS) is 17.5. The van der Waals surface area contributed by atoms with E-state index >= 15 is 0 Å². The highest BCUT2D eigenvalue weighted by molar-refractivity contribution is 5.65. The Morgan fingerprint density at radius 2 is 1.59 bits per heavy atom. The molecule has 0 atom stereocenters. The molecule has 0 unspecified atom stereocenters. The van der Waals surface area contributed by atoms with Gasteiger partial charge in [0.25, 0.3) is 0 Å². The predicted molar refractivity (Wildman–Crippen MR) is 76.2 cm³/mol. The third-order valence-electron chi connectivity index (χ3n) is 3.74. The van der Waals surface area contributed by atoms with Crippen molar-refractivity contribution in [3.8, 4) is 0 Å². The minimum atomic E-state index is 0.635. The van der Waals surface area contributed by atoms with Gasteiger partial charge in [0.2, 0.25) is 0 Å². The predicted octanol–water partition coefficient (Wildman–Crippen LogP) is 5.55. The van der Waals surface area contributed by atoms with Gasteiger partial charge in [-0.15, -0.1) is 0 Å². The zero-order valence-corrected chi connectivity index (χ0v) is 11.2. The molecule has 1 aromatic rings. The molecule has 0 aliphatic heterocycles. The van der Waals surface area contributed by atoms with E-state index in [1.165, 1.54) is 49.7 Å². The van der Waals surface area contributed by atoms with Crippen LogP contribution in [-0.4, -0.2) is 0 Å². The summed E-state index contributed by atoms with van der Waals surface area (Å²) in [6.45, 7) is 4.51. The van der Waals surface area contributed by atoms with Gasteiger partial charge in [0.05, 0.1) is 0 Å². The zero-order chi connectivity index (χ0) is 12.1. The second kappa shape index (κ2) is 6.05. The fraction of sp³-hybridized carbons (Fsp3) is 0.529. The Balaban J connectivity index is 2.14. The Kier molecular flexibility index (Phi) is 4.42. The summed E-state index contributed by atoms with van der Waals surface area (Å²) in [4.78, 5) is 0. The molecule has 0 saturated heterocycles. The Hall–Kier alpha value is -1.04. The first-order valence-electron chi connectivity index (χ1n) is 7.07. The molecule has 0 N–H and O–H groups in total. The van der Waals surface area contributed by atoms with Crippen LogP contribution in [0, 0.1) is 0 Å². The Morgan fingerprint density at radius 3 is 2.29 bits per heavy atom. The molecule has 92 valence electrons. The maximum atomic E-state index is 2.46. The van der Waals surface area contributed by atoms with E-state index in [0.29, 0.717) is 5.92 Å². The van der Waals surface area contributed by atoms with Crippen LogP contribution < -0.4 is 0 Å². The Bertz CT molecular complexity index is 368. The van der Waals surface area contributed by atoms with Crippen molar-refractivity contribution >= 4 is 5.57 Å². The summed E-state index contributed by atoms with van der Waals surface area (Å²) in [6.07, 6.45) is 10.5. The van der Waals surface area contributed by atoms with Gasteiger partial charge in [0.15, 0.2) is 0 Å². The van der Waals surface area contributed by atoms with Crippen LogP contribution >= 0.6 is 0 Å². The van der Waals surface area contributed by atoms with Gasteiger partial charge in [-0.1, -0.05) is 57.0 Å². The van der Waals surface area contributed by atoms with Gasteiger partial charge in [-0.05, 0) is 48.3 Å². The van der Waals surface area contributed by atoms with Gasteiger partial charge in [-0.3, -0.25) is 0 Å². The van der Waals surface area contributed by atoms with Crippen molar-refractivity contribution in [3.63, 3.8) is 0 Å². The van der Waals surface area contributed by atoms with Crippen LogP contribution in [0.5, 0.6) is 0 Å². The summed E-state index contributed by atoms with van der Waals surface area (Å²) in [5.74, 6) is 0.635. The van der Waals surface area contributed by atoms with Crippen molar-refractivity contribution in [2.24, 2.45) is 0 Å². The van der Waals surface area contributed by atoms with Crippen molar-refractivity contribution < 1.29 is 0 Å². The monoisotopic (exact) mass is 228 g/mol. The summed E-state index contributed by atoms with van der Waals surface area (Å²) >= 11 is 0. The summed E-state index contributed by atoms with van der Waals surface area (Å²) in [5, 5.41) is 0. The Labute approximate surface area is 106 Å². The second-order valence-electron chi connectivity index (χ2n) is 5.46. The molecule has 0 radical (unpaired) electrons.